The van der Waals surface area contributed by atoms with E-state index in [1.54, 1.807) is 17.1 Å². The highest BCUT2D eigenvalue weighted by Gasteiger charge is 2.26. The van der Waals surface area contributed by atoms with Gasteiger partial charge in [-0.15, -0.1) is 0 Å². The van der Waals surface area contributed by atoms with Gasteiger partial charge in [-0.2, -0.15) is 5.10 Å². The number of nitrogens with one attached hydrogen (secondary N) is 1. The zero-order valence-corrected chi connectivity index (χ0v) is 10.8. The van der Waals surface area contributed by atoms with Gasteiger partial charge in [0.2, 0.25) is 0 Å². The average Bonchev–Trinajstić information content (AvgIpc) is 2.63. The van der Waals surface area contributed by atoms with Crippen LogP contribution < -0.4 is 5.32 Å². The summed E-state index contributed by atoms with van der Waals surface area (Å²) in [5.74, 6) is 0.0441. The molecule has 2 rings (SSSR count). The summed E-state index contributed by atoms with van der Waals surface area (Å²) < 4.78 is 0. The normalized spacial score (nSPS) is 18.7. The molecule has 0 radical (unpaired) electrons. The standard InChI is InChI=1S/C13H17N3O2/c1-8-4-5-10(17)6-11(8)14-13(18)12-9(2)7-16(3)15-12/h4-6,9,17H,7H2,1-3H3,(H,14,18). The molecule has 5 heteroatoms. The van der Waals surface area contributed by atoms with E-state index in [4.69, 9.17) is 0 Å². The molecule has 0 saturated carbocycles. The van der Waals surface area contributed by atoms with Crippen LogP contribution in [0.5, 0.6) is 5.75 Å². The number of hydrogen-bond acceptors (Lipinski definition) is 4. The summed E-state index contributed by atoms with van der Waals surface area (Å²) in [5, 5.41) is 18.2. The minimum atomic E-state index is -0.208. The monoisotopic (exact) mass is 247 g/mol. The van der Waals surface area contributed by atoms with Gasteiger partial charge in [-0.05, 0) is 18.6 Å². The van der Waals surface area contributed by atoms with Crippen LogP contribution in [-0.2, 0) is 4.79 Å². The summed E-state index contributed by atoms with van der Waals surface area (Å²) in [6, 6.07) is 4.89. The van der Waals surface area contributed by atoms with Gasteiger partial charge in [0.05, 0.1) is 0 Å². The van der Waals surface area contributed by atoms with Gasteiger partial charge in [-0.1, -0.05) is 13.0 Å². The quantitative estimate of drug-likeness (QED) is 0.833. The van der Waals surface area contributed by atoms with Crippen LogP contribution in [0.4, 0.5) is 5.69 Å². The number of anilines is 1. The number of aromatic hydroxyl groups is 1. The van der Waals surface area contributed by atoms with Crippen molar-refractivity contribution in [1.82, 2.24) is 5.01 Å². The first-order valence-electron chi connectivity index (χ1n) is 5.88. The van der Waals surface area contributed by atoms with Crippen LogP contribution in [0.15, 0.2) is 23.3 Å². The van der Waals surface area contributed by atoms with Crippen LogP contribution in [-0.4, -0.2) is 35.3 Å². The third-order valence-electron chi connectivity index (χ3n) is 2.99. The Morgan fingerprint density at radius 3 is 2.89 bits per heavy atom. The molecule has 1 atom stereocenters. The van der Waals surface area contributed by atoms with Crippen LogP contribution in [0.3, 0.4) is 0 Å². The second-order valence-electron chi connectivity index (χ2n) is 4.68. The van der Waals surface area contributed by atoms with Gasteiger partial charge in [-0.25, -0.2) is 0 Å². The van der Waals surface area contributed by atoms with E-state index in [2.05, 4.69) is 10.4 Å². The maximum atomic E-state index is 12.1. The smallest absolute Gasteiger partial charge is 0.272 e. The predicted molar refractivity (Wildman–Crippen MR) is 70.7 cm³/mol. The largest absolute Gasteiger partial charge is 0.508 e. The van der Waals surface area contributed by atoms with Crippen LogP contribution in [0.2, 0.25) is 0 Å². The van der Waals surface area contributed by atoms with Crippen LogP contribution >= 0.6 is 0 Å². The van der Waals surface area contributed by atoms with Gasteiger partial charge >= 0.3 is 0 Å². The van der Waals surface area contributed by atoms with E-state index < -0.39 is 0 Å². The first-order valence-corrected chi connectivity index (χ1v) is 5.88. The van der Waals surface area contributed by atoms with Crippen molar-refractivity contribution in [2.45, 2.75) is 13.8 Å². The van der Waals surface area contributed by atoms with Gasteiger partial charge in [0.1, 0.15) is 11.5 Å². The lowest BCUT2D eigenvalue weighted by atomic mass is 10.1. The molecule has 0 saturated heterocycles. The Hall–Kier alpha value is -2.04. The van der Waals surface area contributed by atoms with Crippen molar-refractivity contribution in [2.75, 3.05) is 18.9 Å². The Morgan fingerprint density at radius 1 is 1.56 bits per heavy atom. The number of phenolic OH excluding ortho intramolecular Hbond substituents is 1. The molecule has 0 spiro atoms. The topological polar surface area (TPSA) is 64.9 Å². The highest BCUT2D eigenvalue weighted by Crippen LogP contribution is 2.21. The molecule has 1 aromatic carbocycles. The number of phenols is 1. The van der Waals surface area contributed by atoms with E-state index in [-0.39, 0.29) is 17.6 Å². The van der Waals surface area contributed by atoms with Crippen molar-refractivity contribution in [1.29, 1.82) is 0 Å². The molecule has 5 nitrogen and oxygen atoms in total. The van der Waals surface area contributed by atoms with E-state index in [0.717, 1.165) is 12.1 Å². The minimum absolute atomic E-state index is 0.118. The Bertz CT molecular complexity index is 511. The van der Waals surface area contributed by atoms with Crippen LogP contribution in [0, 0.1) is 12.8 Å². The van der Waals surface area contributed by atoms with Crippen LogP contribution in [0.1, 0.15) is 12.5 Å². The molecule has 0 fully saturated rings. The summed E-state index contributed by atoms with van der Waals surface area (Å²) in [4.78, 5) is 12.1. The number of benzene rings is 1. The second-order valence-corrected chi connectivity index (χ2v) is 4.68. The number of nitrogens with zero attached hydrogens (tertiary/aromatic N) is 2. The minimum Gasteiger partial charge on any atom is -0.508 e. The molecule has 96 valence electrons. The molecular formula is C13H17N3O2. The van der Waals surface area contributed by atoms with E-state index in [0.29, 0.717) is 11.4 Å². The highest BCUT2D eigenvalue weighted by atomic mass is 16.3. The number of hydrogen-bond donors (Lipinski definition) is 2. The Balaban J connectivity index is 2.17. The maximum Gasteiger partial charge on any atom is 0.272 e. The Kier molecular flexibility index (Phi) is 3.23. The summed E-state index contributed by atoms with van der Waals surface area (Å²) >= 11 is 0. The molecule has 0 bridgehead atoms. The molecule has 1 unspecified atom stereocenters. The summed E-state index contributed by atoms with van der Waals surface area (Å²) in [5.41, 5.74) is 2.05. The number of hydrazone groups is 1. The van der Waals surface area contributed by atoms with Gasteiger partial charge < -0.3 is 10.4 Å². The first kappa shape index (κ1) is 12.4. The lowest BCUT2D eigenvalue weighted by Crippen LogP contribution is -2.27. The fourth-order valence-electron chi connectivity index (χ4n) is 2.01. The van der Waals surface area contributed by atoms with Crippen molar-refractivity contribution < 1.29 is 9.90 Å². The number of rotatable bonds is 2. The molecule has 18 heavy (non-hydrogen) atoms. The number of amides is 1. The summed E-state index contributed by atoms with van der Waals surface area (Å²) in [6.07, 6.45) is 0. The molecular weight excluding hydrogens is 230 g/mol. The number of aryl methyl sites for hydroxylation is 1. The second kappa shape index (κ2) is 4.68. The van der Waals surface area contributed by atoms with Gasteiger partial charge in [-0.3, -0.25) is 9.80 Å². The van der Waals surface area contributed by atoms with Crippen molar-refractivity contribution >= 4 is 17.3 Å². The van der Waals surface area contributed by atoms with E-state index >= 15 is 0 Å². The van der Waals surface area contributed by atoms with Gasteiger partial charge in [0, 0.05) is 31.3 Å². The zero-order chi connectivity index (χ0) is 13.3. The number of carbonyl (C=O) groups excluding carboxylic acids is 1. The summed E-state index contributed by atoms with van der Waals surface area (Å²) in [6.45, 7) is 4.60. The Labute approximate surface area is 106 Å². The van der Waals surface area contributed by atoms with E-state index in [9.17, 15) is 9.90 Å². The fraction of sp³-hybridized carbons (Fsp3) is 0.385. The maximum absolute atomic E-state index is 12.1. The fourth-order valence-corrected chi connectivity index (χ4v) is 2.01. The predicted octanol–water partition coefficient (Wildman–Crippen LogP) is 1.58. The molecule has 1 aliphatic rings. The third kappa shape index (κ3) is 2.45. The van der Waals surface area contributed by atoms with Crippen molar-refractivity contribution in [3.8, 4) is 5.75 Å². The summed E-state index contributed by atoms with van der Waals surface area (Å²) in [7, 11) is 1.84. The van der Waals surface area contributed by atoms with E-state index in [1.807, 2.05) is 20.9 Å². The highest BCUT2D eigenvalue weighted by molar-refractivity contribution is 6.44. The molecule has 1 amide bonds. The first-order chi connectivity index (χ1) is 8.47. The number of carbonyl (C=O) groups is 1. The molecule has 1 aromatic rings. The molecule has 0 aromatic heterocycles. The van der Waals surface area contributed by atoms with Gasteiger partial charge in [0.25, 0.3) is 5.91 Å². The van der Waals surface area contributed by atoms with Crippen molar-refractivity contribution in [3.63, 3.8) is 0 Å². The molecule has 0 aliphatic carbocycles. The van der Waals surface area contributed by atoms with Gasteiger partial charge in [0.15, 0.2) is 0 Å². The van der Waals surface area contributed by atoms with E-state index in [1.165, 1.54) is 6.07 Å². The lowest BCUT2D eigenvalue weighted by Gasteiger charge is -2.10. The van der Waals surface area contributed by atoms with Crippen molar-refractivity contribution in [3.05, 3.63) is 23.8 Å². The average molecular weight is 247 g/mol. The third-order valence-corrected chi connectivity index (χ3v) is 2.99. The zero-order valence-electron chi connectivity index (χ0n) is 10.8. The lowest BCUT2D eigenvalue weighted by molar-refractivity contribution is -0.110. The van der Waals surface area contributed by atoms with Crippen molar-refractivity contribution in [2.24, 2.45) is 11.0 Å². The molecule has 2 N–H and O–H groups in total. The molecule has 1 heterocycles. The molecule has 1 aliphatic heterocycles. The van der Waals surface area contributed by atoms with Crippen LogP contribution in [0.25, 0.3) is 0 Å². The Morgan fingerprint density at radius 2 is 2.28 bits per heavy atom. The SMILES string of the molecule is Cc1ccc(O)cc1NC(=O)C1=NN(C)CC1C.